The molecule has 1 unspecified atom stereocenters. The number of benzene rings is 1. The van der Waals surface area contributed by atoms with Crippen LogP contribution in [0.3, 0.4) is 0 Å². The highest BCUT2D eigenvalue weighted by atomic mass is 32.2. The average molecular weight is 197 g/mol. The molecular weight excluding hydrogens is 189 g/mol. The van der Waals surface area contributed by atoms with Gasteiger partial charge >= 0.3 is 11.4 Å². The van der Waals surface area contributed by atoms with Crippen LogP contribution in [0.25, 0.3) is 0 Å². The molecular formula is C7H8BNO3S. The lowest BCUT2D eigenvalue weighted by atomic mass is 9.96. The third-order valence-electron chi connectivity index (χ3n) is 1.32. The maximum Gasteiger partial charge on any atom is 0.303 e. The molecule has 0 saturated carbocycles. The normalized spacial score (nSPS) is 12.4. The Bertz CT molecular complexity index is 308. The lowest BCUT2D eigenvalue weighted by Crippen LogP contribution is -2.09. The van der Waals surface area contributed by atoms with Gasteiger partial charge in [0, 0.05) is 5.69 Å². The summed E-state index contributed by atoms with van der Waals surface area (Å²) < 4.78 is 22.7. The number of rotatable bonds is 4. The van der Waals surface area contributed by atoms with Crippen LogP contribution in [0.2, 0.25) is 0 Å². The van der Waals surface area contributed by atoms with Gasteiger partial charge in [-0.05, 0) is 12.1 Å². The van der Waals surface area contributed by atoms with Crippen molar-refractivity contribution in [1.82, 2.24) is 0 Å². The molecule has 2 N–H and O–H groups in total. The van der Waals surface area contributed by atoms with Gasteiger partial charge in [-0.15, -0.1) is 0 Å². The van der Waals surface area contributed by atoms with Crippen molar-refractivity contribution in [3.05, 3.63) is 24.3 Å². The van der Waals surface area contributed by atoms with Crippen LogP contribution in [0.4, 0.5) is 5.69 Å². The Morgan fingerprint density at radius 1 is 1.62 bits per heavy atom. The topological polar surface area (TPSA) is 58.6 Å². The van der Waals surface area contributed by atoms with Crippen molar-refractivity contribution in [1.29, 1.82) is 0 Å². The van der Waals surface area contributed by atoms with E-state index in [1.165, 1.54) is 0 Å². The molecule has 1 aromatic rings. The molecule has 1 atom stereocenters. The Morgan fingerprint density at radius 3 is 3.00 bits per heavy atom. The molecule has 0 bridgehead atoms. The molecule has 1 rings (SSSR count). The van der Waals surface area contributed by atoms with Gasteiger partial charge in [-0.25, -0.2) is 4.18 Å². The third kappa shape index (κ3) is 4.07. The van der Waals surface area contributed by atoms with Gasteiger partial charge in [-0.2, -0.15) is 4.21 Å². The second-order valence-corrected chi connectivity index (χ2v) is 2.95. The van der Waals surface area contributed by atoms with E-state index < -0.39 is 11.4 Å². The molecule has 0 aliphatic rings. The van der Waals surface area contributed by atoms with E-state index in [0.717, 1.165) is 5.69 Å². The fourth-order valence-corrected chi connectivity index (χ4v) is 0.972. The zero-order valence-electron chi connectivity index (χ0n) is 6.77. The number of hydrogen-bond donors (Lipinski definition) is 2. The Morgan fingerprint density at radius 2 is 2.38 bits per heavy atom. The van der Waals surface area contributed by atoms with Crippen LogP contribution >= 0.6 is 0 Å². The quantitative estimate of drug-likeness (QED) is 0.405. The smallest absolute Gasteiger partial charge is 0.303 e. The van der Waals surface area contributed by atoms with Crippen molar-refractivity contribution in [2.45, 2.75) is 0 Å². The Balaban J connectivity index is 2.41. The third-order valence-corrected chi connectivity index (χ3v) is 1.64. The summed E-state index contributed by atoms with van der Waals surface area (Å²) in [5.74, 6) is 0. The standard InChI is InChI=1S/C7H8BNO3S/c8-6-2-1-3-7(4-6)9-5-12-13(10)11/h1-4,9H,5H2,(H,10,11). The van der Waals surface area contributed by atoms with Gasteiger partial charge in [0.1, 0.15) is 14.6 Å². The minimum Gasteiger partial charge on any atom is -0.362 e. The van der Waals surface area contributed by atoms with E-state index in [1.54, 1.807) is 24.3 Å². The van der Waals surface area contributed by atoms with Gasteiger partial charge in [-0.1, -0.05) is 17.6 Å². The lowest BCUT2D eigenvalue weighted by Gasteiger charge is -2.04. The van der Waals surface area contributed by atoms with E-state index in [9.17, 15) is 4.21 Å². The zero-order valence-corrected chi connectivity index (χ0v) is 7.58. The van der Waals surface area contributed by atoms with Gasteiger partial charge in [0.05, 0.1) is 0 Å². The summed E-state index contributed by atoms with van der Waals surface area (Å²) in [7, 11) is 5.50. The fraction of sp³-hybridized carbons (Fsp3) is 0.143. The van der Waals surface area contributed by atoms with Gasteiger partial charge in [0.2, 0.25) is 0 Å². The summed E-state index contributed by atoms with van der Waals surface area (Å²) in [6.07, 6.45) is 0. The minimum absolute atomic E-state index is 0.0352. The SMILES string of the molecule is [B]c1cccc(NCOS(=O)O)c1. The summed E-state index contributed by atoms with van der Waals surface area (Å²) in [6, 6.07) is 6.99. The Labute approximate surface area is 80.2 Å². The van der Waals surface area contributed by atoms with Crippen LogP contribution < -0.4 is 10.8 Å². The first-order valence-electron chi connectivity index (χ1n) is 3.52. The second kappa shape index (κ2) is 5.01. The van der Waals surface area contributed by atoms with E-state index in [1.807, 2.05) is 0 Å². The van der Waals surface area contributed by atoms with E-state index in [2.05, 4.69) is 9.50 Å². The first kappa shape index (κ1) is 10.2. The highest BCUT2D eigenvalue weighted by molar-refractivity contribution is 7.74. The molecule has 2 radical (unpaired) electrons. The predicted octanol–water partition coefficient (Wildman–Crippen LogP) is 0.00310. The molecule has 0 amide bonds. The van der Waals surface area contributed by atoms with Crippen LogP contribution in [0.15, 0.2) is 24.3 Å². The highest BCUT2D eigenvalue weighted by Gasteiger charge is 1.93. The largest absolute Gasteiger partial charge is 0.362 e. The van der Waals surface area contributed by atoms with E-state index in [4.69, 9.17) is 12.4 Å². The van der Waals surface area contributed by atoms with Gasteiger partial charge in [-0.3, -0.25) is 4.55 Å². The summed E-state index contributed by atoms with van der Waals surface area (Å²) in [4.78, 5) is 0. The number of nitrogens with one attached hydrogen (secondary N) is 1. The second-order valence-electron chi connectivity index (χ2n) is 2.28. The predicted molar refractivity (Wildman–Crippen MR) is 52.2 cm³/mol. The van der Waals surface area contributed by atoms with Crippen molar-refractivity contribution in [3.8, 4) is 0 Å². The minimum atomic E-state index is -2.24. The number of anilines is 1. The van der Waals surface area contributed by atoms with Gasteiger partial charge in [0.15, 0.2) is 0 Å². The average Bonchev–Trinajstić information content (AvgIpc) is 2.03. The highest BCUT2D eigenvalue weighted by Crippen LogP contribution is 2.02. The lowest BCUT2D eigenvalue weighted by molar-refractivity contribution is 0.330. The monoisotopic (exact) mass is 197 g/mol. The molecule has 4 nitrogen and oxygen atoms in total. The molecule has 0 spiro atoms. The van der Waals surface area contributed by atoms with Crippen molar-refractivity contribution in [2.24, 2.45) is 0 Å². The number of hydrogen-bond acceptors (Lipinski definition) is 3. The van der Waals surface area contributed by atoms with Crippen LogP contribution in [-0.4, -0.2) is 23.3 Å². The Hall–Kier alpha value is -0.845. The molecule has 68 valence electrons. The molecule has 0 saturated heterocycles. The molecule has 0 aliphatic heterocycles. The van der Waals surface area contributed by atoms with Gasteiger partial charge < -0.3 is 5.32 Å². The zero-order chi connectivity index (χ0) is 9.68. The van der Waals surface area contributed by atoms with Crippen LogP contribution in [0.5, 0.6) is 0 Å². The first-order valence-corrected chi connectivity index (χ1v) is 4.55. The van der Waals surface area contributed by atoms with Gasteiger partial charge in [0.25, 0.3) is 0 Å². The van der Waals surface area contributed by atoms with Crippen molar-refractivity contribution < 1.29 is 12.9 Å². The Kier molecular flexibility index (Phi) is 3.94. The van der Waals surface area contributed by atoms with Crippen LogP contribution in [0, 0.1) is 0 Å². The van der Waals surface area contributed by atoms with E-state index >= 15 is 0 Å². The van der Waals surface area contributed by atoms with Crippen LogP contribution in [0.1, 0.15) is 0 Å². The molecule has 0 heterocycles. The van der Waals surface area contributed by atoms with Crippen molar-refractivity contribution in [2.75, 3.05) is 12.0 Å². The first-order chi connectivity index (χ1) is 6.18. The molecule has 6 heteroatoms. The maximum absolute atomic E-state index is 10.1. The molecule has 13 heavy (non-hydrogen) atoms. The molecule has 0 fully saturated rings. The summed E-state index contributed by atoms with van der Waals surface area (Å²) >= 11 is -2.24. The molecule has 0 aliphatic carbocycles. The summed E-state index contributed by atoms with van der Waals surface area (Å²) in [5, 5.41) is 2.76. The summed E-state index contributed by atoms with van der Waals surface area (Å²) in [5.41, 5.74) is 1.36. The van der Waals surface area contributed by atoms with E-state index in [-0.39, 0.29) is 6.73 Å². The van der Waals surface area contributed by atoms with Crippen molar-refractivity contribution >= 4 is 30.4 Å². The van der Waals surface area contributed by atoms with Crippen LogP contribution in [-0.2, 0) is 15.5 Å². The van der Waals surface area contributed by atoms with Crippen molar-refractivity contribution in [3.63, 3.8) is 0 Å². The molecule has 0 aromatic heterocycles. The fourth-order valence-electron chi connectivity index (χ4n) is 0.812. The molecule has 1 aromatic carbocycles. The van der Waals surface area contributed by atoms with E-state index in [0.29, 0.717) is 5.46 Å². The maximum atomic E-state index is 10.1. The summed E-state index contributed by atoms with van der Waals surface area (Å²) in [6.45, 7) is -0.0352.